The highest BCUT2D eigenvalue weighted by molar-refractivity contribution is 5.94. The number of rotatable bonds is 6. The number of benzene rings is 1. The molecule has 3 rings (SSSR count). The van der Waals surface area contributed by atoms with Crippen molar-refractivity contribution in [3.63, 3.8) is 0 Å². The van der Waals surface area contributed by atoms with Crippen molar-refractivity contribution in [3.05, 3.63) is 59.8 Å². The summed E-state index contributed by atoms with van der Waals surface area (Å²) in [6, 6.07) is 14.8. The summed E-state index contributed by atoms with van der Waals surface area (Å²) in [6.45, 7) is 7.12. The molecule has 2 N–H and O–H groups in total. The van der Waals surface area contributed by atoms with Gasteiger partial charge in [-0.25, -0.2) is 4.98 Å². The first-order valence-electron chi connectivity index (χ1n) is 9.40. The van der Waals surface area contributed by atoms with Crippen LogP contribution in [0.15, 0.2) is 48.7 Å². The summed E-state index contributed by atoms with van der Waals surface area (Å²) in [6.07, 6.45) is 3.61. The third-order valence-electron chi connectivity index (χ3n) is 4.63. The van der Waals surface area contributed by atoms with Crippen LogP contribution in [0.3, 0.4) is 0 Å². The van der Waals surface area contributed by atoms with Crippen molar-refractivity contribution < 1.29 is 4.79 Å². The molecule has 0 atom stereocenters. The molecule has 2 aromatic rings. The van der Waals surface area contributed by atoms with E-state index in [0.29, 0.717) is 11.6 Å². The van der Waals surface area contributed by atoms with Gasteiger partial charge in [0.25, 0.3) is 5.91 Å². The monoisotopic (exact) mass is 352 g/mol. The van der Waals surface area contributed by atoms with Crippen LogP contribution in [0.4, 0.5) is 5.82 Å². The molecule has 26 heavy (non-hydrogen) atoms. The van der Waals surface area contributed by atoms with E-state index in [0.717, 1.165) is 38.3 Å². The number of pyridine rings is 1. The Kier molecular flexibility index (Phi) is 6.23. The van der Waals surface area contributed by atoms with E-state index in [4.69, 9.17) is 0 Å². The Morgan fingerprint density at radius 3 is 2.50 bits per heavy atom. The fourth-order valence-electron chi connectivity index (χ4n) is 3.26. The molecular weight excluding hydrogens is 324 g/mol. The van der Waals surface area contributed by atoms with Gasteiger partial charge in [0, 0.05) is 37.9 Å². The lowest BCUT2D eigenvalue weighted by atomic mass is 10.0. The zero-order valence-electron chi connectivity index (χ0n) is 15.6. The predicted octanol–water partition coefficient (Wildman–Crippen LogP) is 3.30. The van der Waals surface area contributed by atoms with E-state index in [1.165, 1.54) is 5.56 Å². The van der Waals surface area contributed by atoms with Gasteiger partial charge in [-0.2, -0.15) is 0 Å². The number of piperidine rings is 1. The number of likely N-dealkylation sites (tertiary alicyclic amines) is 1. The lowest BCUT2D eigenvalue weighted by Gasteiger charge is -2.32. The highest BCUT2D eigenvalue weighted by Gasteiger charge is 2.21. The van der Waals surface area contributed by atoms with Gasteiger partial charge in [0.1, 0.15) is 5.82 Å². The van der Waals surface area contributed by atoms with Crippen LogP contribution in [0, 0.1) is 0 Å². The zero-order valence-corrected chi connectivity index (χ0v) is 15.6. The van der Waals surface area contributed by atoms with Gasteiger partial charge in [-0.15, -0.1) is 0 Å². The average molecular weight is 352 g/mol. The van der Waals surface area contributed by atoms with Crippen molar-refractivity contribution in [2.75, 3.05) is 18.4 Å². The van der Waals surface area contributed by atoms with Gasteiger partial charge < -0.3 is 10.6 Å². The maximum atomic E-state index is 12.4. The number of hydrogen-bond acceptors (Lipinski definition) is 4. The van der Waals surface area contributed by atoms with E-state index >= 15 is 0 Å². The molecule has 1 aromatic heterocycles. The smallest absolute Gasteiger partial charge is 0.253 e. The lowest BCUT2D eigenvalue weighted by Crippen LogP contribution is -2.44. The van der Waals surface area contributed by atoms with Gasteiger partial charge >= 0.3 is 0 Å². The molecule has 5 nitrogen and oxygen atoms in total. The molecule has 0 radical (unpaired) electrons. The maximum absolute atomic E-state index is 12.4. The first-order valence-corrected chi connectivity index (χ1v) is 9.40. The highest BCUT2D eigenvalue weighted by atomic mass is 16.1. The predicted molar refractivity (Wildman–Crippen MR) is 105 cm³/mol. The van der Waals surface area contributed by atoms with E-state index < -0.39 is 0 Å². The van der Waals surface area contributed by atoms with E-state index in [9.17, 15) is 4.79 Å². The number of aromatic nitrogens is 1. The summed E-state index contributed by atoms with van der Waals surface area (Å²) < 4.78 is 0. The van der Waals surface area contributed by atoms with Crippen molar-refractivity contribution in [3.8, 4) is 0 Å². The highest BCUT2D eigenvalue weighted by Crippen LogP contribution is 2.15. The number of hydrogen-bond donors (Lipinski definition) is 2. The summed E-state index contributed by atoms with van der Waals surface area (Å²) >= 11 is 0. The summed E-state index contributed by atoms with van der Waals surface area (Å²) in [7, 11) is 0. The van der Waals surface area contributed by atoms with Crippen LogP contribution in [0.1, 0.15) is 42.6 Å². The van der Waals surface area contributed by atoms with Crippen LogP contribution in [-0.4, -0.2) is 41.0 Å². The molecule has 0 unspecified atom stereocenters. The number of carbonyl (C=O) groups excluding carboxylic acids is 1. The van der Waals surface area contributed by atoms with Gasteiger partial charge in [-0.1, -0.05) is 30.3 Å². The van der Waals surface area contributed by atoms with E-state index in [2.05, 4.69) is 58.6 Å². The van der Waals surface area contributed by atoms with Gasteiger partial charge in [0.05, 0.1) is 5.56 Å². The number of carbonyl (C=O) groups is 1. The number of anilines is 1. The second-order valence-electron chi connectivity index (χ2n) is 7.24. The molecule has 0 spiro atoms. The summed E-state index contributed by atoms with van der Waals surface area (Å²) in [5, 5.41) is 6.38. The third-order valence-corrected chi connectivity index (χ3v) is 4.63. The molecule has 0 bridgehead atoms. The van der Waals surface area contributed by atoms with Crippen molar-refractivity contribution in [2.45, 2.75) is 45.3 Å². The minimum Gasteiger partial charge on any atom is -0.368 e. The van der Waals surface area contributed by atoms with Crippen LogP contribution >= 0.6 is 0 Å². The van der Waals surface area contributed by atoms with Crippen LogP contribution in [0.2, 0.25) is 0 Å². The lowest BCUT2D eigenvalue weighted by molar-refractivity contribution is 0.0908. The molecule has 138 valence electrons. The quantitative estimate of drug-likeness (QED) is 0.837. The van der Waals surface area contributed by atoms with Gasteiger partial charge in [0.2, 0.25) is 0 Å². The maximum Gasteiger partial charge on any atom is 0.253 e. The second-order valence-corrected chi connectivity index (χ2v) is 7.24. The number of nitrogens with one attached hydrogen (secondary N) is 2. The van der Waals surface area contributed by atoms with Crippen LogP contribution < -0.4 is 10.6 Å². The average Bonchev–Trinajstić information content (AvgIpc) is 2.64. The van der Waals surface area contributed by atoms with Gasteiger partial charge in [0.15, 0.2) is 0 Å². The van der Waals surface area contributed by atoms with E-state index in [-0.39, 0.29) is 11.9 Å². The summed E-state index contributed by atoms with van der Waals surface area (Å²) in [5.41, 5.74) is 1.96. The van der Waals surface area contributed by atoms with Gasteiger partial charge in [-0.3, -0.25) is 9.69 Å². The molecular formula is C21H28N4O. The Morgan fingerprint density at radius 1 is 1.15 bits per heavy atom. The van der Waals surface area contributed by atoms with Crippen LogP contribution in [0.5, 0.6) is 0 Å². The topological polar surface area (TPSA) is 57.3 Å². The fourth-order valence-corrected chi connectivity index (χ4v) is 3.26. The molecule has 1 saturated heterocycles. The Labute approximate surface area is 155 Å². The van der Waals surface area contributed by atoms with Gasteiger partial charge in [-0.05, 0) is 44.4 Å². The second kappa shape index (κ2) is 8.81. The first-order chi connectivity index (χ1) is 12.6. The molecule has 1 aromatic carbocycles. The zero-order chi connectivity index (χ0) is 18.4. The standard InChI is InChI=1S/C21H28N4O/c1-16(2)23-20-9-8-18(14-22-20)21(26)24-19-10-12-25(13-11-19)15-17-6-4-3-5-7-17/h3-9,14,16,19H,10-13,15H2,1-2H3,(H,22,23)(H,24,26). The molecule has 1 amide bonds. The van der Waals surface area contributed by atoms with E-state index in [1.807, 2.05) is 18.2 Å². The minimum atomic E-state index is -0.0323. The molecule has 1 fully saturated rings. The van der Waals surface area contributed by atoms with Crippen LogP contribution in [-0.2, 0) is 6.54 Å². The third kappa shape index (κ3) is 5.30. The summed E-state index contributed by atoms with van der Waals surface area (Å²) in [4.78, 5) is 19.2. The molecule has 2 heterocycles. The van der Waals surface area contributed by atoms with Crippen LogP contribution in [0.25, 0.3) is 0 Å². The Balaban J connectivity index is 1.46. The molecule has 0 saturated carbocycles. The Bertz CT molecular complexity index is 692. The number of amides is 1. The van der Waals surface area contributed by atoms with Crippen molar-refractivity contribution >= 4 is 11.7 Å². The number of nitrogens with zero attached hydrogens (tertiary/aromatic N) is 2. The normalized spacial score (nSPS) is 15.8. The Hall–Kier alpha value is -2.40. The fraction of sp³-hybridized carbons (Fsp3) is 0.429. The summed E-state index contributed by atoms with van der Waals surface area (Å²) in [5.74, 6) is 0.765. The SMILES string of the molecule is CC(C)Nc1ccc(C(=O)NC2CCN(Cc3ccccc3)CC2)cn1. The van der Waals surface area contributed by atoms with Crippen molar-refractivity contribution in [1.82, 2.24) is 15.2 Å². The molecule has 5 heteroatoms. The van der Waals surface area contributed by atoms with Crippen molar-refractivity contribution in [2.24, 2.45) is 0 Å². The molecule has 0 aliphatic carbocycles. The molecule has 1 aliphatic rings. The minimum absolute atomic E-state index is 0.0323. The molecule has 1 aliphatic heterocycles. The van der Waals surface area contributed by atoms with E-state index in [1.54, 1.807) is 6.20 Å². The largest absolute Gasteiger partial charge is 0.368 e. The first kappa shape index (κ1) is 18.4. The van der Waals surface area contributed by atoms with Crippen molar-refractivity contribution in [1.29, 1.82) is 0 Å². The Morgan fingerprint density at radius 2 is 1.88 bits per heavy atom.